The van der Waals surface area contributed by atoms with Gasteiger partial charge < -0.3 is 0 Å². The molecule has 0 unspecified atom stereocenters. The second-order valence-electron chi connectivity index (χ2n) is 5.73. The summed E-state index contributed by atoms with van der Waals surface area (Å²) in [4.78, 5) is 0. The van der Waals surface area contributed by atoms with Crippen molar-refractivity contribution in [1.82, 2.24) is 0 Å². The number of allylic oxidation sites excluding steroid dienone is 9. The predicted molar refractivity (Wildman–Crippen MR) is 109 cm³/mol. The zero-order valence-electron chi connectivity index (χ0n) is 14.7. The molecule has 0 amide bonds. The minimum Gasteiger partial charge on any atom is -0.125 e. The van der Waals surface area contributed by atoms with Gasteiger partial charge in [-0.15, -0.1) is 17.2 Å². The Kier molecular flexibility index (Phi) is 6.19. The Hall–Kier alpha value is -3.26. The molecule has 0 heterocycles. The highest BCUT2D eigenvalue weighted by molar-refractivity contribution is 5.63. The number of hydrogen-bond acceptors (Lipinski definition) is 0. The first-order valence-corrected chi connectivity index (χ1v) is 8.12. The SMILES string of the molecule is C=C=C(/C=C/Cc1cccc(C(C)=C=C)c1)C1=C=CC(=C)C(C=C)=C1. The number of hydrogen-bond donors (Lipinski definition) is 0. The fourth-order valence-electron chi connectivity index (χ4n) is 2.47. The molecule has 0 bridgehead atoms. The second-order valence-corrected chi connectivity index (χ2v) is 5.73. The molecule has 0 aromatic heterocycles. The van der Waals surface area contributed by atoms with Crippen LogP contribution in [0.2, 0.25) is 0 Å². The first-order valence-electron chi connectivity index (χ1n) is 8.12. The van der Waals surface area contributed by atoms with Gasteiger partial charge in [0.1, 0.15) is 0 Å². The van der Waals surface area contributed by atoms with Crippen LogP contribution in [0.5, 0.6) is 0 Å². The van der Waals surface area contributed by atoms with Crippen LogP contribution >= 0.6 is 0 Å². The standard InChI is InChI=1S/C25H22/c1-6-19(4)24-14-10-12-21(17-24)11-9-13-22(7-2)25-16-15-20(5)23(8-3)18-25/h8-10,12-15,17-18H,1-3,5,11H2,4H3/b13-9+. The molecule has 0 fully saturated rings. The maximum absolute atomic E-state index is 3.97. The Morgan fingerprint density at radius 2 is 2.04 bits per heavy atom. The van der Waals surface area contributed by atoms with Crippen molar-refractivity contribution < 1.29 is 0 Å². The van der Waals surface area contributed by atoms with Crippen molar-refractivity contribution >= 4 is 5.57 Å². The smallest absolute Gasteiger partial charge is 0.0320 e. The third-order valence-corrected chi connectivity index (χ3v) is 4.04. The molecule has 0 atom stereocenters. The van der Waals surface area contributed by atoms with Gasteiger partial charge in [-0.3, -0.25) is 0 Å². The summed E-state index contributed by atoms with van der Waals surface area (Å²) in [6.07, 6.45) is 10.6. The van der Waals surface area contributed by atoms with E-state index in [-0.39, 0.29) is 0 Å². The summed E-state index contributed by atoms with van der Waals surface area (Å²) in [7, 11) is 0. The molecule has 0 saturated carbocycles. The van der Waals surface area contributed by atoms with Gasteiger partial charge in [-0.25, -0.2) is 0 Å². The molecular formula is C25H22. The number of benzene rings is 1. The van der Waals surface area contributed by atoms with Crippen LogP contribution in [0.4, 0.5) is 0 Å². The monoisotopic (exact) mass is 322 g/mol. The second kappa shape index (κ2) is 8.55. The van der Waals surface area contributed by atoms with Crippen LogP contribution in [0.3, 0.4) is 0 Å². The van der Waals surface area contributed by atoms with Gasteiger partial charge >= 0.3 is 0 Å². The number of rotatable bonds is 6. The van der Waals surface area contributed by atoms with Gasteiger partial charge in [0.2, 0.25) is 0 Å². The molecule has 1 aromatic carbocycles. The largest absolute Gasteiger partial charge is 0.125 e. The van der Waals surface area contributed by atoms with Crippen molar-refractivity contribution in [2.24, 2.45) is 0 Å². The molecule has 1 aliphatic rings. The van der Waals surface area contributed by atoms with E-state index in [0.717, 1.165) is 39.8 Å². The van der Waals surface area contributed by atoms with Gasteiger partial charge in [0, 0.05) is 11.1 Å². The van der Waals surface area contributed by atoms with Crippen LogP contribution in [0.15, 0.2) is 120 Å². The Morgan fingerprint density at radius 3 is 2.72 bits per heavy atom. The van der Waals surface area contributed by atoms with Gasteiger partial charge in [0.05, 0.1) is 0 Å². The summed E-state index contributed by atoms with van der Waals surface area (Å²) in [6.45, 7) is 17.3. The molecule has 122 valence electrons. The van der Waals surface area contributed by atoms with Crippen LogP contribution < -0.4 is 0 Å². The summed E-state index contributed by atoms with van der Waals surface area (Å²) in [5, 5.41) is 0. The lowest BCUT2D eigenvalue weighted by Crippen LogP contribution is -1.91. The van der Waals surface area contributed by atoms with Crippen molar-refractivity contribution in [3.63, 3.8) is 0 Å². The average Bonchev–Trinajstić information content (AvgIpc) is 2.65. The van der Waals surface area contributed by atoms with E-state index in [1.54, 1.807) is 6.08 Å². The Bertz CT molecular complexity index is 938. The van der Waals surface area contributed by atoms with Crippen molar-refractivity contribution in [2.75, 3.05) is 0 Å². The minimum atomic E-state index is 0.825. The Balaban J connectivity index is 2.19. The van der Waals surface area contributed by atoms with E-state index in [1.165, 1.54) is 5.56 Å². The fraction of sp³-hybridized carbons (Fsp3) is 0.0800. The van der Waals surface area contributed by atoms with Crippen LogP contribution in [-0.4, -0.2) is 0 Å². The highest BCUT2D eigenvalue weighted by atomic mass is 14.1. The summed E-state index contributed by atoms with van der Waals surface area (Å²) in [5.41, 5.74) is 16.3. The van der Waals surface area contributed by atoms with Gasteiger partial charge in [-0.05, 0) is 59.4 Å². The molecule has 0 aliphatic heterocycles. The summed E-state index contributed by atoms with van der Waals surface area (Å²) < 4.78 is 0. The molecule has 0 N–H and O–H groups in total. The van der Waals surface area contributed by atoms with Gasteiger partial charge in [-0.2, -0.15) is 0 Å². The molecule has 0 radical (unpaired) electrons. The molecule has 1 aromatic rings. The lowest BCUT2D eigenvalue weighted by Gasteiger charge is -2.08. The zero-order chi connectivity index (χ0) is 18.2. The van der Waals surface area contributed by atoms with E-state index >= 15 is 0 Å². The average molecular weight is 322 g/mol. The normalized spacial score (nSPS) is 12.9. The first kappa shape index (κ1) is 18.1. The van der Waals surface area contributed by atoms with Crippen LogP contribution in [0.25, 0.3) is 5.57 Å². The van der Waals surface area contributed by atoms with Crippen molar-refractivity contribution in [2.45, 2.75) is 13.3 Å². The van der Waals surface area contributed by atoms with Gasteiger partial charge in [-0.1, -0.05) is 62.7 Å². The van der Waals surface area contributed by atoms with E-state index in [1.807, 2.05) is 25.2 Å². The highest BCUT2D eigenvalue weighted by Gasteiger charge is 2.05. The third kappa shape index (κ3) is 4.61. The quantitative estimate of drug-likeness (QED) is 0.417. The van der Waals surface area contributed by atoms with Gasteiger partial charge in [0.25, 0.3) is 0 Å². The van der Waals surface area contributed by atoms with E-state index in [4.69, 9.17) is 0 Å². The summed E-state index contributed by atoms with van der Waals surface area (Å²) in [5.74, 6) is 0. The maximum Gasteiger partial charge on any atom is 0.0320 e. The highest BCUT2D eigenvalue weighted by Crippen LogP contribution is 2.22. The van der Waals surface area contributed by atoms with Crippen molar-refractivity contribution in [3.8, 4) is 0 Å². The topological polar surface area (TPSA) is 0 Å². The first-order chi connectivity index (χ1) is 12.1. The van der Waals surface area contributed by atoms with E-state index in [0.29, 0.717) is 0 Å². The lowest BCUT2D eigenvalue weighted by atomic mass is 9.95. The molecular weight excluding hydrogens is 300 g/mol. The molecule has 25 heavy (non-hydrogen) atoms. The molecule has 0 heteroatoms. The zero-order valence-corrected chi connectivity index (χ0v) is 14.7. The lowest BCUT2D eigenvalue weighted by molar-refractivity contribution is 1.26. The van der Waals surface area contributed by atoms with Crippen molar-refractivity contribution in [3.05, 3.63) is 132 Å². The summed E-state index contributed by atoms with van der Waals surface area (Å²) >= 11 is 0. The van der Waals surface area contributed by atoms with Crippen LogP contribution in [-0.2, 0) is 6.42 Å². The van der Waals surface area contributed by atoms with E-state index in [2.05, 4.69) is 73.9 Å². The molecule has 0 saturated heterocycles. The summed E-state index contributed by atoms with van der Waals surface area (Å²) in [6, 6.07) is 8.40. The molecule has 1 aliphatic carbocycles. The van der Waals surface area contributed by atoms with E-state index in [9.17, 15) is 0 Å². The van der Waals surface area contributed by atoms with Gasteiger partial charge in [0.15, 0.2) is 0 Å². The molecule has 0 nitrogen and oxygen atoms in total. The minimum absolute atomic E-state index is 0.825. The third-order valence-electron chi connectivity index (χ3n) is 4.04. The predicted octanol–water partition coefficient (Wildman–Crippen LogP) is 6.45. The maximum atomic E-state index is 3.97. The fourth-order valence-corrected chi connectivity index (χ4v) is 2.47. The Labute approximate surface area is 150 Å². The van der Waals surface area contributed by atoms with E-state index < -0.39 is 0 Å². The van der Waals surface area contributed by atoms with Crippen LogP contribution in [0.1, 0.15) is 18.1 Å². The van der Waals surface area contributed by atoms with Crippen molar-refractivity contribution in [1.29, 1.82) is 0 Å². The molecule has 2 rings (SSSR count). The van der Waals surface area contributed by atoms with Crippen LogP contribution in [0, 0.1) is 0 Å². The Morgan fingerprint density at radius 1 is 1.24 bits per heavy atom. The molecule has 0 spiro atoms.